The smallest absolute Gasteiger partial charge is 0.434 e. The van der Waals surface area contributed by atoms with Crippen LogP contribution < -0.4 is 9.64 Å². The summed E-state index contributed by atoms with van der Waals surface area (Å²) < 4.78 is 48.7. The second-order valence-electron chi connectivity index (χ2n) is 7.52. The van der Waals surface area contributed by atoms with Gasteiger partial charge < -0.3 is 24.3 Å². The first-order valence-electron chi connectivity index (χ1n) is 10.3. The van der Waals surface area contributed by atoms with Crippen molar-refractivity contribution < 1.29 is 37.0 Å². The van der Waals surface area contributed by atoms with Crippen LogP contribution in [0, 0.1) is 13.8 Å². The minimum atomic E-state index is -4.44. The van der Waals surface area contributed by atoms with Crippen molar-refractivity contribution in [2.45, 2.75) is 26.9 Å². The number of hydrogen-bond acceptors (Lipinski definition) is 6. The van der Waals surface area contributed by atoms with Gasteiger partial charge in [-0.1, -0.05) is 6.07 Å². The minimum absolute atomic E-state index is 0.0245. The van der Waals surface area contributed by atoms with Crippen molar-refractivity contribution in [2.75, 3.05) is 37.7 Å². The van der Waals surface area contributed by atoms with Gasteiger partial charge in [0.1, 0.15) is 0 Å². The third-order valence-corrected chi connectivity index (χ3v) is 5.37. The zero-order valence-electron chi connectivity index (χ0n) is 18.4. The van der Waals surface area contributed by atoms with E-state index in [9.17, 15) is 27.6 Å². The molecule has 0 spiro atoms. The zero-order chi connectivity index (χ0) is 24.3. The monoisotopic (exact) mass is 467 g/mol. The lowest BCUT2D eigenvalue weighted by molar-refractivity contribution is -0.137. The molecule has 2 aromatic rings. The molecule has 1 N–H and O–H groups in total. The van der Waals surface area contributed by atoms with Crippen LogP contribution in [0.5, 0.6) is 5.88 Å². The Morgan fingerprint density at radius 3 is 2.36 bits per heavy atom. The fraction of sp³-hybridized carbons (Fsp3) is 0.409. The van der Waals surface area contributed by atoms with E-state index >= 15 is 0 Å². The van der Waals surface area contributed by atoms with Gasteiger partial charge >= 0.3 is 12.3 Å². The number of nitrogens with zero attached hydrogens (tertiary/aromatic N) is 2. The van der Waals surface area contributed by atoms with Gasteiger partial charge in [-0.25, -0.2) is 4.79 Å². The van der Waals surface area contributed by atoms with Gasteiger partial charge in [-0.2, -0.15) is 13.2 Å². The Balaban J connectivity index is 1.67. The van der Waals surface area contributed by atoms with E-state index in [0.717, 1.165) is 12.1 Å². The third kappa shape index (κ3) is 5.29. The molecule has 0 saturated carbocycles. The van der Waals surface area contributed by atoms with Crippen molar-refractivity contribution in [3.8, 4) is 5.88 Å². The minimum Gasteiger partial charge on any atom is -0.434 e. The average Bonchev–Trinajstić information content (AvgIpc) is 3.05. The van der Waals surface area contributed by atoms with E-state index in [0.29, 0.717) is 16.9 Å². The highest BCUT2D eigenvalue weighted by Crippen LogP contribution is 2.32. The first-order valence-corrected chi connectivity index (χ1v) is 10.3. The highest BCUT2D eigenvalue weighted by Gasteiger charge is 2.33. The van der Waals surface area contributed by atoms with E-state index < -0.39 is 29.6 Å². The number of anilines is 1. The van der Waals surface area contributed by atoms with Gasteiger partial charge in [0.05, 0.1) is 17.7 Å². The van der Waals surface area contributed by atoms with Crippen LogP contribution in [0.1, 0.15) is 34.1 Å². The summed E-state index contributed by atoms with van der Waals surface area (Å²) in [7, 11) is 0. The second-order valence-corrected chi connectivity index (χ2v) is 7.52. The van der Waals surface area contributed by atoms with Gasteiger partial charge in [-0.05, 0) is 39.0 Å². The Morgan fingerprint density at radius 1 is 1.09 bits per heavy atom. The van der Waals surface area contributed by atoms with Crippen molar-refractivity contribution >= 4 is 23.5 Å². The quantitative estimate of drug-likeness (QED) is 0.410. The summed E-state index contributed by atoms with van der Waals surface area (Å²) in [6.45, 7) is 5.78. The number of nitrogens with one attached hydrogen (secondary N) is 1. The third-order valence-electron chi connectivity index (χ3n) is 5.37. The molecule has 1 aliphatic heterocycles. The molecule has 3 rings (SSSR count). The lowest BCUT2D eigenvalue weighted by Crippen LogP contribution is -2.50. The second kappa shape index (κ2) is 9.55. The van der Waals surface area contributed by atoms with E-state index in [-0.39, 0.29) is 44.2 Å². The Labute approximate surface area is 188 Å². The lowest BCUT2D eigenvalue weighted by Gasteiger charge is -2.36. The molecule has 11 heteroatoms. The van der Waals surface area contributed by atoms with Crippen molar-refractivity contribution in [3.63, 3.8) is 0 Å². The number of ketones is 1. The summed E-state index contributed by atoms with van der Waals surface area (Å²) in [5, 5.41) is 0. The number of aromatic amines is 1. The SMILES string of the molecule is CCOC(=O)Oc1[nH]c(C)c(C(=O)C(=O)N2CCN(c3cccc(C(F)(F)F)c3)CC2)c1C. The Morgan fingerprint density at radius 2 is 1.76 bits per heavy atom. The Hall–Kier alpha value is -3.50. The normalized spacial score (nSPS) is 14.2. The molecule has 33 heavy (non-hydrogen) atoms. The van der Waals surface area contributed by atoms with Crippen LogP contribution >= 0.6 is 0 Å². The van der Waals surface area contributed by atoms with Crippen molar-refractivity contribution in [3.05, 3.63) is 46.6 Å². The fourth-order valence-electron chi connectivity index (χ4n) is 3.69. The van der Waals surface area contributed by atoms with Crippen molar-refractivity contribution in [1.29, 1.82) is 0 Å². The number of carbonyl (C=O) groups excluding carboxylic acids is 3. The van der Waals surface area contributed by atoms with Crippen LogP contribution in [0.25, 0.3) is 0 Å². The molecule has 1 saturated heterocycles. The molecule has 1 fully saturated rings. The van der Waals surface area contributed by atoms with E-state index in [4.69, 9.17) is 9.47 Å². The van der Waals surface area contributed by atoms with Gasteiger partial charge in [-0.3, -0.25) is 9.59 Å². The van der Waals surface area contributed by atoms with Gasteiger partial charge in [0.2, 0.25) is 5.88 Å². The van der Waals surface area contributed by atoms with Crippen LogP contribution in [-0.4, -0.2) is 60.5 Å². The van der Waals surface area contributed by atoms with Gasteiger partial charge in [-0.15, -0.1) is 0 Å². The number of carbonyl (C=O) groups is 3. The van der Waals surface area contributed by atoms with Crippen molar-refractivity contribution in [1.82, 2.24) is 9.88 Å². The molecule has 0 aliphatic carbocycles. The maximum absolute atomic E-state index is 13.0. The number of piperazine rings is 1. The zero-order valence-corrected chi connectivity index (χ0v) is 18.4. The van der Waals surface area contributed by atoms with E-state index in [1.165, 1.54) is 11.0 Å². The molecule has 1 aromatic heterocycles. The maximum atomic E-state index is 13.0. The number of H-pyrrole nitrogens is 1. The Bertz CT molecular complexity index is 1060. The van der Waals surface area contributed by atoms with E-state index in [2.05, 4.69) is 4.98 Å². The van der Waals surface area contributed by atoms with Crippen molar-refractivity contribution in [2.24, 2.45) is 0 Å². The van der Waals surface area contributed by atoms with Gasteiger partial charge in [0, 0.05) is 43.1 Å². The number of aromatic nitrogens is 1. The summed E-state index contributed by atoms with van der Waals surface area (Å²) in [5.74, 6) is -1.46. The maximum Gasteiger partial charge on any atom is 0.515 e. The number of aryl methyl sites for hydroxylation is 1. The first-order chi connectivity index (χ1) is 15.5. The molecule has 1 aliphatic rings. The number of rotatable bonds is 5. The molecule has 8 nitrogen and oxygen atoms in total. The number of alkyl halides is 3. The summed E-state index contributed by atoms with van der Waals surface area (Å²) in [4.78, 5) is 43.2. The molecule has 1 amide bonds. The van der Waals surface area contributed by atoms with Gasteiger partial charge in [0.15, 0.2) is 0 Å². The Kier molecular flexibility index (Phi) is 6.99. The number of Topliss-reactive ketones (excluding diaryl/α,β-unsaturated/α-hetero) is 1. The predicted molar refractivity (Wildman–Crippen MR) is 112 cm³/mol. The lowest BCUT2D eigenvalue weighted by atomic mass is 10.1. The topological polar surface area (TPSA) is 91.9 Å². The van der Waals surface area contributed by atoms with E-state index in [1.807, 2.05) is 0 Å². The van der Waals surface area contributed by atoms with Crippen LogP contribution in [-0.2, 0) is 15.7 Å². The number of amides is 1. The van der Waals surface area contributed by atoms with E-state index in [1.54, 1.807) is 31.7 Å². The summed E-state index contributed by atoms with van der Waals surface area (Å²) in [6, 6.07) is 4.99. The average molecular weight is 467 g/mol. The van der Waals surface area contributed by atoms with Gasteiger partial charge in [0.25, 0.3) is 11.7 Å². The highest BCUT2D eigenvalue weighted by molar-refractivity contribution is 6.43. The molecular weight excluding hydrogens is 443 g/mol. The van der Waals surface area contributed by atoms with Crippen LogP contribution in [0.3, 0.4) is 0 Å². The number of benzene rings is 1. The molecule has 0 radical (unpaired) electrons. The molecule has 2 heterocycles. The predicted octanol–water partition coefficient (Wildman–Crippen LogP) is 3.72. The van der Waals surface area contributed by atoms with Crippen LogP contribution in [0.2, 0.25) is 0 Å². The summed E-state index contributed by atoms with van der Waals surface area (Å²) in [5.41, 5.74) is 0.447. The highest BCUT2D eigenvalue weighted by atomic mass is 19.4. The fourth-order valence-corrected chi connectivity index (χ4v) is 3.69. The largest absolute Gasteiger partial charge is 0.515 e. The summed E-state index contributed by atoms with van der Waals surface area (Å²) >= 11 is 0. The molecule has 1 aromatic carbocycles. The van der Waals surface area contributed by atoms with Crippen LogP contribution in [0.15, 0.2) is 24.3 Å². The molecule has 0 atom stereocenters. The molecule has 0 bridgehead atoms. The number of hydrogen-bond donors (Lipinski definition) is 1. The van der Waals surface area contributed by atoms with Crippen LogP contribution in [0.4, 0.5) is 23.7 Å². The standard InChI is InChI=1S/C22H24F3N3O5/c1-4-32-21(31)33-19-13(2)17(14(3)26-19)18(29)20(30)28-10-8-27(9-11-28)16-7-5-6-15(12-16)22(23,24)25/h5-7,12,26H,4,8-11H2,1-3H3. The number of halogens is 3. The molecular formula is C22H24F3N3O5. The summed E-state index contributed by atoms with van der Waals surface area (Å²) in [6.07, 6.45) is -5.37. The number of ether oxygens (including phenoxy) is 2. The molecule has 0 unspecified atom stereocenters. The first kappa shape index (κ1) is 24.1. The molecule has 178 valence electrons.